The normalized spacial score (nSPS) is 10.5. The summed E-state index contributed by atoms with van der Waals surface area (Å²) >= 11 is 0. The molecular weight excluding hydrogens is 280 g/mol. The van der Waals surface area contributed by atoms with E-state index in [2.05, 4.69) is 0 Å². The van der Waals surface area contributed by atoms with Gasteiger partial charge in [-0.2, -0.15) is 0 Å². The number of allylic oxidation sites excluding steroid dienone is 1. The average molecular weight is 298 g/mol. The van der Waals surface area contributed by atoms with Crippen molar-refractivity contribution in [1.82, 2.24) is 0 Å². The first-order valence-electron chi connectivity index (χ1n) is 6.77. The van der Waals surface area contributed by atoms with E-state index in [-0.39, 0.29) is 5.78 Å². The van der Waals surface area contributed by atoms with E-state index in [0.29, 0.717) is 17.1 Å². The number of hydrogen-bond donors (Lipinski definition) is 0. The maximum Gasteiger partial charge on any atom is 0.193 e. The largest absolute Gasteiger partial charge is 0.497 e. The predicted molar refractivity (Wildman–Crippen MR) is 85.9 cm³/mol. The van der Waals surface area contributed by atoms with Crippen LogP contribution in [0.1, 0.15) is 15.9 Å². The van der Waals surface area contributed by atoms with Crippen molar-refractivity contribution >= 4 is 11.9 Å². The van der Waals surface area contributed by atoms with Crippen LogP contribution in [0.15, 0.2) is 48.5 Å². The fourth-order valence-corrected chi connectivity index (χ4v) is 2.09. The molecule has 0 atom stereocenters. The lowest BCUT2D eigenvalue weighted by Crippen LogP contribution is -2.02. The molecule has 2 aromatic rings. The van der Waals surface area contributed by atoms with Crippen LogP contribution in [0.25, 0.3) is 6.08 Å². The molecule has 2 rings (SSSR count). The molecule has 0 aliphatic carbocycles. The molecular formula is C18H18O4. The van der Waals surface area contributed by atoms with Gasteiger partial charge in [-0.05, 0) is 35.9 Å². The summed E-state index contributed by atoms with van der Waals surface area (Å²) in [5.74, 6) is 1.53. The maximum absolute atomic E-state index is 12.5. The zero-order valence-electron chi connectivity index (χ0n) is 12.8. The number of ketones is 1. The first-order valence-corrected chi connectivity index (χ1v) is 6.77. The predicted octanol–water partition coefficient (Wildman–Crippen LogP) is 3.61. The second-order valence-electron chi connectivity index (χ2n) is 4.51. The lowest BCUT2D eigenvalue weighted by molar-refractivity contribution is 0.104. The Labute approximate surface area is 129 Å². The van der Waals surface area contributed by atoms with Gasteiger partial charge in [-0.1, -0.05) is 24.3 Å². The first-order chi connectivity index (χ1) is 10.7. The molecule has 0 spiro atoms. The molecule has 4 heteroatoms. The van der Waals surface area contributed by atoms with E-state index in [1.807, 2.05) is 24.3 Å². The SMILES string of the molecule is COc1cccc(/C=C/C(=O)c2c(OC)cccc2OC)c1. The molecule has 0 saturated heterocycles. The fraction of sp³-hybridized carbons (Fsp3) is 0.167. The van der Waals surface area contributed by atoms with E-state index in [4.69, 9.17) is 14.2 Å². The van der Waals surface area contributed by atoms with Gasteiger partial charge < -0.3 is 14.2 Å². The number of methoxy groups -OCH3 is 3. The van der Waals surface area contributed by atoms with Crippen molar-refractivity contribution in [2.45, 2.75) is 0 Å². The van der Waals surface area contributed by atoms with E-state index in [1.165, 1.54) is 20.3 Å². The highest BCUT2D eigenvalue weighted by molar-refractivity contribution is 6.10. The van der Waals surface area contributed by atoms with Crippen LogP contribution in [0.3, 0.4) is 0 Å². The molecule has 114 valence electrons. The van der Waals surface area contributed by atoms with Crippen molar-refractivity contribution in [1.29, 1.82) is 0 Å². The van der Waals surface area contributed by atoms with E-state index < -0.39 is 0 Å². The number of carbonyl (C=O) groups excluding carboxylic acids is 1. The van der Waals surface area contributed by atoms with Gasteiger partial charge in [0.2, 0.25) is 0 Å². The summed E-state index contributed by atoms with van der Waals surface area (Å²) in [6, 6.07) is 12.7. The maximum atomic E-state index is 12.5. The molecule has 0 aliphatic heterocycles. The van der Waals surface area contributed by atoms with E-state index in [1.54, 1.807) is 31.4 Å². The minimum Gasteiger partial charge on any atom is -0.497 e. The fourth-order valence-electron chi connectivity index (χ4n) is 2.09. The van der Waals surface area contributed by atoms with Gasteiger partial charge in [0.15, 0.2) is 5.78 Å². The number of rotatable bonds is 6. The standard InChI is InChI=1S/C18H18O4/c1-20-14-7-4-6-13(12-14)10-11-15(19)18-16(21-2)8-5-9-17(18)22-3/h4-12H,1-3H3/b11-10+. The van der Waals surface area contributed by atoms with Gasteiger partial charge in [-0.15, -0.1) is 0 Å². The summed E-state index contributed by atoms with van der Waals surface area (Å²) in [6.07, 6.45) is 3.23. The molecule has 0 fully saturated rings. The molecule has 0 radical (unpaired) electrons. The topological polar surface area (TPSA) is 44.8 Å². The highest BCUT2D eigenvalue weighted by atomic mass is 16.5. The third-order valence-electron chi connectivity index (χ3n) is 3.20. The number of carbonyl (C=O) groups is 1. The Hall–Kier alpha value is -2.75. The van der Waals surface area contributed by atoms with E-state index >= 15 is 0 Å². The molecule has 0 bridgehead atoms. The molecule has 0 saturated carbocycles. The smallest absolute Gasteiger partial charge is 0.193 e. The Morgan fingerprint density at radius 2 is 1.55 bits per heavy atom. The highest BCUT2D eigenvalue weighted by Gasteiger charge is 2.15. The summed E-state index contributed by atoms with van der Waals surface area (Å²) in [4.78, 5) is 12.5. The zero-order chi connectivity index (χ0) is 15.9. The minimum absolute atomic E-state index is 0.183. The second kappa shape index (κ2) is 7.31. The third kappa shape index (κ3) is 3.47. The average Bonchev–Trinajstić information content (AvgIpc) is 2.58. The van der Waals surface area contributed by atoms with Crippen molar-refractivity contribution in [2.24, 2.45) is 0 Å². The van der Waals surface area contributed by atoms with Gasteiger partial charge in [-0.3, -0.25) is 4.79 Å². The van der Waals surface area contributed by atoms with Gasteiger partial charge in [0, 0.05) is 0 Å². The third-order valence-corrected chi connectivity index (χ3v) is 3.20. The summed E-state index contributed by atoms with van der Waals surface area (Å²) in [7, 11) is 4.66. The Bertz CT molecular complexity index is 667. The van der Waals surface area contributed by atoms with Crippen LogP contribution in [-0.2, 0) is 0 Å². The first kappa shape index (κ1) is 15.6. The number of benzene rings is 2. The van der Waals surface area contributed by atoms with E-state index in [9.17, 15) is 4.79 Å². The summed E-state index contributed by atoms with van der Waals surface area (Å²) in [5.41, 5.74) is 1.29. The highest BCUT2D eigenvalue weighted by Crippen LogP contribution is 2.29. The molecule has 4 nitrogen and oxygen atoms in total. The summed E-state index contributed by atoms with van der Waals surface area (Å²) in [5, 5.41) is 0. The van der Waals surface area contributed by atoms with Gasteiger partial charge in [0.05, 0.1) is 21.3 Å². The van der Waals surface area contributed by atoms with Crippen molar-refractivity contribution in [3.63, 3.8) is 0 Å². The number of ether oxygens (including phenoxy) is 3. The zero-order valence-corrected chi connectivity index (χ0v) is 12.8. The summed E-state index contributed by atoms with van der Waals surface area (Å²) in [6.45, 7) is 0. The molecule has 0 heterocycles. The van der Waals surface area contributed by atoms with Crippen LogP contribution in [0, 0.1) is 0 Å². The van der Waals surface area contributed by atoms with Crippen LogP contribution in [0.5, 0.6) is 17.2 Å². The van der Waals surface area contributed by atoms with Crippen LogP contribution >= 0.6 is 0 Å². The molecule has 2 aromatic carbocycles. The van der Waals surface area contributed by atoms with Crippen molar-refractivity contribution < 1.29 is 19.0 Å². The Kier molecular flexibility index (Phi) is 5.20. The monoisotopic (exact) mass is 298 g/mol. The molecule has 22 heavy (non-hydrogen) atoms. The molecule has 0 unspecified atom stereocenters. The van der Waals surface area contributed by atoms with Gasteiger partial charge in [-0.25, -0.2) is 0 Å². The van der Waals surface area contributed by atoms with Gasteiger partial charge in [0.25, 0.3) is 0 Å². The molecule has 0 aliphatic rings. The van der Waals surface area contributed by atoms with Gasteiger partial charge >= 0.3 is 0 Å². The number of hydrogen-bond acceptors (Lipinski definition) is 4. The van der Waals surface area contributed by atoms with Gasteiger partial charge in [0.1, 0.15) is 22.8 Å². The Balaban J connectivity index is 2.30. The Morgan fingerprint density at radius 3 is 2.14 bits per heavy atom. The van der Waals surface area contributed by atoms with Crippen molar-refractivity contribution in [3.8, 4) is 17.2 Å². The molecule has 0 N–H and O–H groups in total. The molecule has 0 aromatic heterocycles. The van der Waals surface area contributed by atoms with Crippen LogP contribution < -0.4 is 14.2 Å². The summed E-state index contributed by atoms with van der Waals surface area (Å²) < 4.78 is 15.6. The lowest BCUT2D eigenvalue weighted by Gasteiger charge is -2.10. The molecule has 0 amide bonds. The second-order valence-corrected chi connectivity index (χ2v) is 4.51. The van der Waals surface area contributed by atoms with Crippen molar-refractivity contribution in [3.05, 3.63) is 59.7 Å². The van der Waals surface area contributed by atoms with Crippen LogP contribution in [0.4, 0.5) is 0 Å². The Morgan fingerprint density at radius 1 is 0.909 bits per heavy atom. The van der Waals surface area contributed by atoms with E-state index in [0.717, 1.165) is 11.3 Å². The lowest BCUT2D eigenvalue weighted by atomic mass is 10.1. The van der Waals surface area contributed by atoms with Crippen LogP contribution in [-0.4, -0.2) is 27.1 Å². The quantitative estimate of drug-likeness (QED) is 0.603. The minimum atomic E-state index is -0.183. The van der Waals surface area contributed by atoms with Crippen molar-refractivity contribution in [2.75, 3.05) is 21.3 Å². The van der Waals surface area contributed by atoms with Crippen LogP contribution in [0.2, 0.25) is 0 Å².